The molecule has 206 valence electrons. The summed E-state index contributed by atoms with van der Waals surface area (Å²) in [7, 11) is 0. The van der Waals surface area contributed by atoms with Gasteiger partial charge in [-0.05, 0) is 113 Å². The molecule has 4 aliphatic carbocycles. The molecule has 0 bridgehead atoms. The van der Waals surface area contributed by atoms with Crippen molar-refractivity contribution in [3.63, 3.8) is 0 Å². The van der Waals surface area contributed by atoms with Crippen LogP contribution in [0.5, 0.6) is 0 Å². The van der Waals surface area contributed by atoms with Crippen LogP contribution >= 0.6 is 0 Å². The Morgan fingerprint density at radius 1 is 1.16 bits per heavy atom. The average molecular weight is 514 g/mol. The summed E-state index contributed by atoms with van der Waals surface area (Å²) in [6.45, 7) is 10.8. The Hall–Kier alpha value is -1.73. The van der Waals surface area contributed by atoms with Gasteiger partial charge in [0.05, 0.1) is 11.8 Å². The van der Waals surface area contributed by atoms with Crippen molar-refractivity contribution < 1.29 is 19.5 Å². The fourth-order valence-corrected chi connectivity index (χ4v) is 9.20. The number of aliphatic hydroxyl groups is 1. The third kappa shape index (κ3) is 4.80. The van der Waals surface area contributed by atoms with Crippen LogP contribution in [-0.4, -0.2) is 59.4 Å². The molecule has 0 aromatic rings. The molecule has 3 saturated carbocycles. The van der Waals surface area contributed by atoms with Gasteiger partial charge >= 0.3 is 6.09 Å². The van der Waals surface area contributed by atoms with Crippen LogP contribution in [0.25, 0.3) is 0 Å². The highest BCUT2D eigenvalue weighted by Crippen LogP contribution is 2.66. The molecule has 1 aliphatic heterocycles. The zero-order valence-electron chi connectivity index (χ0n) is 23.3. The number of nitrogens with one attached hydrogen (secondary N) is 1. The Morgan fingerprint density at radius 2 is 1.97 bits per heavy atom. The van der Waals surface area contributed by atoms with Gasteiger partial charge in [0.2, 0.25) is 0 Å². The molecule has 0 aromatic carbocycles. The van der Waals surface area contributed by atoms with E-state index in [-0.39, 0.29) is 23.0 Å². The lowest BCUT2D eigenvalue weighted by molar-refractivity contribution is -0.117. The van der Waals surface area contributed by atoms with E-state index in [9.17, 15) is 14.7 Å². The van der Waals surface area contributed by atoms with Crippen molar-refractivity contribution in [1.82, 2.24) is 10.2 Å². The van der Waals surface area contributed by atoms with Gasteiger partial charge in [-0.1, -0.05) is 24.6 Å². The van der Waals surface area contributed by atoms with Crippen LogP contribution in [0.1, 0.15) is 91.9 Å². The number of carbonyl (C=O) groups excluding carboxylic acids is 2. The van der Waals surface area contributed by atoms with Crippen LogP contribution in [0.15, 0.2) is 16.8 Å². The van der Waals surface area contributed by atoms with Gasteiger partial charge in [0.1, 0.15) is 0 Å². The van der Waals surface area contributed by atoms with Gasteiger partial charge in [0.15, 0.2) is 5.78 Å². The molecule has 1 heterocycles. The van der Waals surface area contributed by atoms with Crippen molar-refractivity contribution in [2.24, 2.45) is 39.7 Å². The number of allylic oxidation sites excluding steroid dienone is 1. The van der Waals surface area contributed by atoms with Crippen molar-refractivity contribution >= 4 is 17.6 Å². The number of amides is 1. The van der Waals surface area contributed by atoms with E-state index in [1.807, 2.05) is 19.9 Å². The van der Waals surface area contributed by atoms with Gasteiger partial charge in [0, 0.05) is 31.5 Å². The molecule has 5 rings (SSSR count). The van der Waals surface area contributed by atoms with E-state index in [1.165, 1.54) is 31.3 Å². The topological polar surface area (TPSA) is 91.2 Å². The summed E-state index contributed by atoms with van der Waals surface area (Å²) in [5, 5.41) is 17.8. The first-order valence-corrected chi connectivity index (χ1v) is 14.8. The first-order chi connectivity index (χ1) is 17.7. The Labute approximate surface area is 222 Å². The SMILES string of the molecule is CCN(CCC1NCCC1O)C(=O)O/N=C(\C)[C@H]1CC[C@H]2[C@@H]3CCC4=CC(=O)CC[C@]4(C)[C@H]3CC[C@]12C. The molecule has 0 spiro atoms. The third-order valence-corrected chi connectivity index (χ3v) is 11.4. The number of carbonyl (C=O) groups is 2. The first kappa shape index (κ1) is 26.9. The lowest BCUT2D eigenvalue weighted by Gasteiger charge is -2.58. The minimum atomic E-state index is -0.399. The van der Waals surface area contributed by atoms with Crippen molar-refractivity contribution in [1.29, 1.82) is 0 Å². The van der Waals surface area contributed by atoms with Gasteiger partial charge in [-0.25, -0.2) is 4.79 Å². The molecule has 37 heavy (non-hydrogen) atoms. The van der Waals surface area contributed by atoms with Crippen LogP contribution in [0.3, 0.4) is 0 Å². The molecule has 5 aliphatic rings. The van der Waals surface area contributed by atoms with Gasteiger partial charge in [-0.2, -0.15) is 0 Å². The molecule has 1 saturated heterocycles. The van der Waals surface area contributed by atoms with E-state index < -0.39 is 6.09 Å². The summed E-state index contributed by atoms with van der Waals surface area (Å²) in [4.78, 5) is 32.1. The molecule has 2 unspecified atom stereocenters. The van der Waals surface area contributed by atoms with E-state index in [1.54, 1.807) is 4.90 Å². The summed E-state index contributed by atoms with van der Waals surface area (Å²) in [5.74, 6) is 2.73. The Kier molecular flexibility index (Phi) is 7.58. The van der Waals surface area contributed by atoms with Crippen molar-refractivity contribution in [2.75, 3.05) is 19.6 Å². The standard InChI is InChI=1S/C30H47N3O4/c1-5-33(17-13-26-27(35)12-16-31-26)28(36)37-32-19(2)23-8-9-24-22-7-6-20-18-21(34)10-14-29(20,3)25(22)11-15-30(23,24)4/h18,22-27,31,35H,5-17H2,1-4H3/b32-19+/t22-,23+,24-,25-,26?,27?,29-,30+/m0/s1. The number of rotatable bonds is 6. The summed E-state index contributed by atoms with van der Waals surface area (Å²) in [6.07, 6.45) is 11.5. The number of aliphatic hydroxyl groups excluding tert-OH is 1. The Morgan fingerprint density at radius 3 is 2.70 bits per heavy atom. The minimum absolute atomic E-state index is 0.0419. The van der Waals surface area contributed by atoms with Gasteiger partial charge in [-0.3, -0.25) is 9.63 Å². The molecule has 8 atom stereocenters. The van der Waals surface area contributed by atoms with Crippen LogP contribution in [0.4, 0.5) is 4.79 Å². The maximum Gasteiger partial charge on any atom is 0.435 e. The predicted octanol–water partition coefficient (Wildman–Crippen LogP) is 5.08. The van der Waals surface area contributed by atoms with Gasteiger partial charge in [-0.15, -0.1) is 0 Å². The lowest BCUT2D eigenvalue weighted by Crippen LogP contribution is -2.51. The Balaban J connectivity index is 1.22. The summed E-state index contributed by atoms with van der Waals surface area (Å²) in [5.41, 5.74) is 2.76. The Bertz CT molecular complexity index is 962. The molecule has 0 aromatic heterocycles. The fourth-order valence-electron chi connectivity index (χ4n) is 9.20. The van der Waals surface area contributed by atoms with Crippen molar-refractivity contribution in [3.05, 3.63) is 11.6 Å². The average Bonchev–Trinajstić information content (AvgIpc) is 3.45. The highest BCUT2D eigenvalue weighted by molar-refractivity contribution is 5.91. The molecule has 0 radical (unpaired) electrons. The zero-order chi connectivity index (χ0) is 26.4. The van der Waals surface area contributed by atoms with Crippen molar-refractivity contribution in [2.45, 2.75) is 104 Å². The van der Waals surface area contributed by atoms with E-state index in [2.05, 4.69) is 24.3 Å². The second-order valence-electron chi connectivity index (χ2n) is 13.0. The smallest absolute Gasteiger partial charge is 0.391 e. The van der Waals surface area contributed by atoms with Gasteiger partial charge in [0.25, 0.3) is 0 Å². The number of nitrogens with zero attached hydrogens (tertiary/aromatic N) is 2. The molecular formula is C30H47N3O4. The van der Waals surface area contributed by atoms with Crippen LogP contribution in [-0.2, 0) is 9.63 Å². The highest BCUT2D eigenvalue weighted by atomic mass is 16.7. The number of hydrogen-bond donors (Lipinski definition) is 2. The summed E-state index contributed by atoms with van der Waals surface area (Å²) in [6, 6.07) is 0.0419. The number of fused-ring (bicyclic) bond motifs is 5. The maximum atomic E-state index is 12.8. The largest absolute Gasteiger partial charge is 0.435 e. The van der Waals surface area contributed by atoms with E-state index in [4.69, 9.17) is 4.84 Å². The molecule has 7 heteroatoms. The monoisotopic (exact) mass is 513 g/mol. The quantitative estimate of drug-likeness (QED) is 0.294. The molecule has 1 amide bonds. The number of oxime groups is 1. The molecular weight excluding hydrogens is 466 g/mol. The van der Waals surface area contributed by atoms with E-state index in [0.29, 0.717) is 55.4 Å². The summed E-state index contributed by atoms with van der Waals surface area (Å²) < 4.78 is 0. The maximum absolute atomic E-state index is 12.8. The van der Waals surface area contributed by atoms with Crippen LogP contribution in [0, 0.1) is 34.5 Å². The normalized spacial score (nSPS) is 41.5. The lowest BCUT2D eigenvalue weighted by atomic mass is 9.46. The number of ketones is 1. The van der Waals surface area contributed by atoms with Crippen LogP contribution in [0.2, 0.25) is 0 Å². The van der Waals surface area contributed by atoms with Crippen molar-refractivity contribution in [3.8, 4) is 0 Å². The predicted molar refractivity (Wildman–Crippen MR) is 144 cm³/mol. The van der Waals surface area contributed by atoms with E-state index in [0.717, 1.165) is 37.9 Å². The van der Waals surface area contributed by atoms with Crippen LogP contribution < -0.4 is 5.32 Å². The second-order valence-corrected chi connectivity index (χ2v) is 13.0. The summed E-state index contributed by atoms with van der Waals surface area (Å²) >= 11 is 0. The number of hydrogen-bond acceptors (Lipinski definition) is 6. The second kappa shape index (κ2) is 10.4. The third-order valence-electron chi connectivity index (χ3n) is 11.4. The van der Waals surface area contributed by atoms with Gasteiger partial charge < -0.3 is 15.3 Å². The molecule has 2 N–H and O–H groups in total. The minimum Gasteiger partial charge on any atom is -0.391 e. The molecule has 4 fully saturated rings. The fraction of sp³-hybridized carbons (Fsp3) is 0.833. The van der Waals surface area contributed by atoms with E-state index >= 15 is 0 Å². The molecule has 7 nitrogen and oxygen atoms in total. The first-order valence-electron chi connectivity index (χ1n) is 14.8. The zero-order valence-corrected chi connectivity index (χ0v) is 23.3. The highest BCUT2D eigenvalue weighted by Gasteiger charge is 2.59.